The van der Waals surface area contributed by atoms with Crippen LogP contribution in [0.1, 0.15) is 24.5 Å². The van der Waals surface area contributed by atoms with E-state index in [2.05, 4.69) is 80.8 Å². The van der Waals surface area contributed by atoms with E-state index in [0.717, 1.165) is 44.1 Å². The van der Waals surface area contributed by atoms with Gasteiger partial charge < -0.3 is 14.6 Å². The molecule has 4 rings (SSSR count). The number of morpholine rings is 1. The van der Waals surface area contributed by atoms with Crippen molar-refractivity contribution in [1.29, 1.82) is 5.26 Å². The molecule has 0 spiro atoms. The number of hydrogen-bond donors (Lipinski definition) is 1. The molecule has 0 bridgehead atoms. The molecule has 1 atom stereocenters. The van der Waals surface area contributed by atoms with E-state index in [9.17, 15) is 5.26 Å². The summed E-state index contributed by atoms with van der Waals surface area (Å²) in [7, 11) is 0. The zero-order valence-electron chi connectivity index (χ0n) is 15.7. The summed E-state index contributed by atoms with van der Waals surface area (Å²) < 4.78 is 6.95. The fourth-order valence-corrected chi connectivity index (χ4v) is 5.65. The van der Waals surface area contributed by atoms with Gasteiger partial charge in [0.1, 0.15) is 17.4 Å². The molecule has 0 aliphatic carbocycles. The minimum absolute atomic E-state index is 0.194. The van der Waals surface area contributed by atoms with Gasteiger partial charge in [-0.15, -0.1) is 21.5 Å². The molecule has 1 aliphatic rings. The van der Waals surface area contributed by atoms with Crippen LogP contribution in [0.5, 0.6) is 0 Å². The maximum absolute atomic E-state index is 10.1. The highest BCUT2D eigenvalue weighted by Crippen LogP contribution is 2.47. The van der Waals surface area contributed by atoms with Gasteiger partial charge in [0, 0.05) is 22.2 Å². The van der Waals surface area contributed by atoms with Crippen LogP contribution >= 0.6 is 33.9 Å². The van der Waals surface area contributed by atoms with Gasteiger partial charge in [-0.05, 0) is 47.6 Å². The SMILES string of the molecule is CC[C@H]1CN(c2sc(-c3nnc[nH]3)c(-c3ccc(C)cc3I)c2C#N)CCO1. The van der Waals surface area contributed by atoms with Gasteiger partial charge in [-0.2, -0.15) is 5.26 Å². The first-order chi connectivity index (χ1) is 13.6. The van der Waals surface area contributed by atoms with Crippen molar-refractivity contribution in [1.82, 2.24) is 15.2 Å². The molecule has 2 aromatic heterocycles. The smallest absolute Gasteiger partial charge is 0.171 e. The lowest BCUT2D eigenvalue weighted by Gasteiger charge is -2.33. The second kappa shape index (κ2) is 8.19. The zero-order chi connectivity index (χ0) is 19.7. The molecule has 0 amide bonds. The number of thiophene rings is 1. The number of H-pyrrole nitrogens is 1. The molecular formula is C20H20IN5OS. The number of halogens is 1. The Morgan fingerprint density at radius 2 is 2.32 bits per heavy atom. The number of hydrogen-bond acceptors (Lipinski definition) is 6. The van der Waals surface area contributed by atoms with Crippen molar-refractivity contribution in [2.45, 2.75) is 26.4 Å². The number of aromatic nitrogens is 3. The molecule has 0 radical (unpaired) electrons. The Balaban J connectivity index is 1.91. The summed E-state index contributed by atoms with van der Waals surface area (Å²) in [6, 6.07) is 8.80. The fourth-order valence-electron chi connectivity index (χ4n) is 3.46. The molecule has 1 aromatic carbocycles. The molecule has 0 unspecified atom stereocenters. The third kappa shape index (κ3) is 3.54. The van der Waals surface area contributed by atoms with Crippen molar-refractivity contribution in [2.24, 2.45) is 0 Å². The standard InChI is InChI=1S/C20H20IN5OS/c1-3-13-10-26(6-7-27-13)20-15(9-22)17(14-5-4-12(2)8-16(14)21)18(28-20)19-23-11-24-25-19/h4-5,8,11,13H,3,6-7,10H2,1-2H3,(H,23,24,25)/t13-/m0/s1. The Labute approximate surface area is 181 Å². The van der Waals surface area contributed by atoms with Crippen LogP contribution in [0.4, 0.5) is 5.00 Å². The number of anilines is 1. The Bertz CT molecular complexity index is 1020. The molecule has 0 saturated carbocycles. The highest BCUT2D eigenvalue weighted by atomic mass is 127. The lowest BCUT2D eigenvalue weighted by Crippen LogP contribution is -2.42. The van der Waals surface area contributed by atoms with Crippen LogP contribution in [-0.4, -0.2) is 41.0 Å². The Morgan fingerprint density at radius 1 is 1.46 bits per heavy atom. The molecule has 28 heavy (non-hydrogen) atoms. The molecule has 1 saturated heterocycles. The van der Waals surface area contributed by atoms with Gasteiger partial charge >= 0.3 is 0 Å². The van der Waals surface area contributed by atoms with Crippen molar-refractivity contribution in [2.75, 3.05) is 24.6 Å². The molecule has 3 aromatic rings. The molecule has 144 valence electrons. The number of rotatable bonds is 4. The summed E-state index contributed by atoms with van der Waals surface area (Å²) in [4.78, 5) is 6.35. The highest BCUT2D eigenvalue weighted by Gasteiger charge is 2.29. The lowest BCUT2D eigenvalue weighted by atomic mass is 10.00. The van der Waals surface area contributed by atoms with Crippen LogP contribution in [0.3, 0.4) is 0 Å². The van der Waals surface area contributed by atoms with E-state index in [1.165, 1.54) is 5.56 Å². The number of benzene rings is 1. The number of nitrogens with one attached hydrogen (secondary N) is 1. The van der Waals surface area contributed by atoms with Crippen LogP contribution in [0.2, 0.25) is 0 Å². The predicted molar refractivity (Wildman–Crippen MR) is 120 cm³/mol. The van der Waals surface area contributed by atoms with E-state index in [0.29, 0.717) is 18.0 Å². The summed E-state index contributed by atoms with van der Waals surface area (Å²) in [6.07, 6.45) is 2.73. The van der Waals surface area contributed by atoms with E-state index in [-0.39, 0.29) is 6.10 Å². The van der Waals surface area contributed by atoms with Crippen LogP contribution < -0.4 is 4.90 Å². The average molecular weight is 505 g/mol. The second-order valence-corrected chi connectivity index (χ2v) is 8.93. The van der Waals surface area contributed by atoms with E-state index >= 15 is 0 Å². The van der Waals surface area contributed by atoms with Crippen LogP contribution in [-0.2, 0) is 4.74 Å². The van der Waals surface area contributed by atoms with Gasteiger partial charge in [0.05, 0.1) is 23.2 Å². The minimum Gasteiger partial charge on any atom is -0.375 e. The average Bonchev–Trinajstić information content (AvgIpc) is 3.35. The molecule has 1 aliphatic heterocycles. The van der Waals surface area contributed by atoms with E-state index < -0.39 is 0 Å². The summed E-state index contributed by atoms with van der Waals surface area (Å²) in [5.41, 5.74) is 3.89. The molecule has 6 nitrogen and oxygen atoms in total. The van der Waals surface area contributed by atoms with Crippen molar-refractivity contribution in [3.63, 3.8) is 0 Å². The Hall–Kier alpha value is -1.96. The zero-order valence-corrected chi connectivity index (χ0v) is 18.7. The van der Waals surface area contributed by atoms with Crippen molar-refractivity contribution >= 4 is 38.9 Å². The molecule has 1 N–H and O–H groups in total. The maximum Gasteiger partial charge on any atom is 0.171 e. The van der Waals surface area contributed by atoms with Gasteiger partial charge in [-0.1, -0.05) is 24.6 Å². The van der Waals surface area contributed by atoms with Crippen molar-refractivity contribution in [3.8, 4) is 27.9 Å². The largest absolute Gasteiger partial charge is 0.375 e. The number of aromatic amines is 1. The van der Waals surface area contributed by atoms with Crippen LogP contribution in [0.25, 0.3) is 21.8 Å². The topological polar surface area (TPSA) is 77.8 Å². The van der Waals surface area contributed by atoms with Gasteiger partial charge in [0.15, 0.2) is 5.82 Å². The maximum atomic E-state index is 10.1. The van der Waals surface area contributed by atoms with Gasteiger partial charge in [0.25, 0.3) is 0 Å². The summed E-state index contributed by atoms with van der Waals surface area (Å²) in [6.45, 7) is 6.47. The monoisotopic (exact) mass is 505 g/mol. The third-order valence-corrected chi connectivity index (χ3v) is 7.06. The third-order valence-electron chi connectivity index (χ3n) is 4.91. The molecule has 8 heteroatoms. The van der Waals surface area contributed by atoms with Gasteiger partial charge in [-0.3, -0.25) is 0 Å². The number of ether oxygens (including phenoxy) is 1. The summed E-state index contributed by atoms with van der Waals surface area (Å²) in [5, 5.41) is 19.3. The lowest BCUT2D eigenvalue weighted by molar-refractivity contribution is 0.0386. The van der Waals surface area contributed by atoms with Gasteiger partial charge in [0.2, 0.25) is 0 Å². The first-order valence-electron chi connectivity index (χ1n) is 9.18. The molecular weight excluding hydrogens is 485 g/mol. The molecule has 1 fully saturated rings. The normalized spacial score (nSPS) is 16.9. The summed E-state index contributed by atoms with van der Waals surface area (Å²) >= 11 is 3.95. The van der Waals surface area contributed by atoms with Crippen molar-refractivity contribution < 1.29 is 4.74 Å². The minimum atomic E-state index is 0.194. The van der Waals surface area contributed by atoms with Crippen LogP contribution in [0.15, 0.2) is 24.5 Å². The highest BCUT2D eigenvalue weighted by molar-refractivity contribution is 14.1. The number of nitrogens with zero attached hydrogens (tertiary/aromatic N) is 4. The number of nitriles is 1. The fraction of sp³-hybridized carbons (Fsp3) is 0.350. The predicted octanol–water partition coefficient (Wildman–Crippen LogP) is 4.60. The van der Waals surface area contributed by atoms with E-state index in [1.807, 2.05) is 0 Å². The molecule has 3 heterocycles. The number of aryl methyl sites for hydroxylation is 1. The Kier molecular flexibility index (Phi) is 5.66. The Morgan fingerprint density at radius 3 is 3.00 bits per heavy atom. The van der Waals surface area contributed by atoms with Gasteiger partial charge in [-0.25, -0.2) is 0 Å². The van der Waals surface area contributed by atoms with E-state index in [1.54, 1.807) is 17.7 Å². The van der Waals surface area contributed by atoms with Crippen molar-refractivity contribution in [3.05, 3.63) is 39.2 Å². The second-order valence-electron chi connectivity index (χ2n) is 6.77. The summed E-state index contributed by atoms with van der Waals surface area (Å²) in [5.74, 6) is 0.694. The first-order valence-corrected chi connectivity index (χ1v) is 11.1. The van der Waals surface area contributed by atoms with E-state index in [4.69, 9.17) is 4.74 Å². The quantitative estimate of drug-likeness (QED) is 0.525. The van der Waals surface area contributed by atoms with Crippen LogP contribution in [0, 0.1) is 21.8 Å². The first kappa shape index (κ1) is 19.4.